The summed E-state index contributed by atoms with van der Waals surface area (Å²) in [6.45, 7) is 1.91. The van der Waals surface area contributed by atoms with Gasteiger partial charge in [-0.25, -0.2) is 4.39 Å². The molecule has 1 aliphatic rings. The molecule has 3 rings (SSSR count). The monoisotopic (exact) mass is 271 g/mol. The number of rotatable bonds is 1. The predicted molar refractivity (Wildman–Crippen MR) is 74.5 cm³/mol. The molecule has 2 aromatic carbocycles. The quantitative estimate of drug-likeness (QED) is 0.865. The fourth-order valence-corrected chi connectivity index (χ4v) is 2.72. The Morgan fingerprint density at radius 1 is 1.25 bits per heavy atom. The van der Waals surface area contributed by atoms with Crippen LogP contribution in [0.1, 0.15) is 22.8 Å². The minimum atomic E-state index is -0.702. The second-order valence-corrected chi connectivity index (χ2v) is 4.99. The predicted octanol–water partition coefficient (Wildman–Crippen LogP) is 3.12. The van der Waals surface area contributed by atoms with Crippen molar-refractivity contribution in [2.75, 3.05) is 4.90 Å². The van der Waals surface area contributed by atoms with Gasteiger partial charge < -0.3 is 10.0 Å². The summed E-state index contributed by atoms with van der Waals surface area (Å²) in [6.07, 6.45) is 0.733. The first-order valence-corrected chi connectivity index (χ1v) is 6.48. The van der Waals surface area contributed by atoms with E-state index in [0.717, 1.165) is 17.7 Å². The standard InChI is InChI=1S/C16H14FNO2/c1-10-9-11-5-2-3-7-13(11)18(10)16(20)15-12(17)6-4-8-14(15)19/h2-8,10,19H,9H2,1H3. The molecule has 2 aromatic rings. The SMILES string of the molecule is CC1Cc2ccccc2N1C(=O)c1c(O)cccc1F. The average molecular weight is 271 g/mol. The third-order valence-electron chi connectivity index (χ3n) is 3.63. The van der Waals surface area contributed by atoms with E-state index < -0.39 is 11.7 Å². The van der Waals surface area contributed by atoms with Gasteiger partial charge in [0.2, 0.25) is 0 Å². The van der Waals surface area contributed by atoms with E-state index in [1.165, 1.54) is 18.2 Å². The van der Waals surface area contributed by atoms with Crippen molar-refractivity contribution in [3.8, 4) is 5.75 Å². The number of phenolic OH excluding ortho intramolecular Hbond substituents is 1. The maximum Gasteiger partial charge on any atom is 0.265 e. The minimum absolute atomic E-state index is 0.0566. The summed E-state index contributed by atoms with van der Waals surface area (Å²) in [6, 6.07) is 11.4. The smallest absolute Gasteiger partial charge is 0.265 e. The fraction of sp³-hybridized carbons (Fsp3) is 0.188. The minimum Gasteiger partial charge on any atom is -0.507 e. The molecule has 1 heterocycles. The third kappa shape index (κ3) is 1.84. The molecule has 0 saturated heterocycles. The Kier molecular flexibility index (Phi) is 2.93. The van der Waals surface area contributed by atoms with E-state index in [1.54, 1.807) is 4.90 Å². The topological polar surface area (TPSA) is 40.5 Å². The summed E-state index contributed by atoms with van der Waals surface area (Å²) in [5, 5.41) is 9.77. The van der Waals surface area contributed by atoms with Gasteiger partial charge in [0.25, 0.3) is 5.91 Å². The van der Waals surface area contributed by atoms with Gasteiger partial charge in [0, 0.05) is 11.7 Å². The van der Waals surface area contributed by atoms with E-state index in [2.05, 4.69) is 0 Å². The van der Waals surface area contributed by atoms with E-state index in [1.807, 2.05) is 31.2 Å². The highest BCUT2D eigenvalue weighted by molar-refractivity contribution is 6.09. The Morgan fingerprint density at radius 3 is 2.75 bits per heavy atom. The molecule has 1 N–H and O–H groups in total. The van der Waals surface area contributed by atoms with Crippen LogP contribution in [0.5, 0.6) is 5.75 Å². The van der Waals surface area contributed by atoms with Gasteiger partial charge in [-0.2, -0.15) is 0 Å². The second-order valence-electron chi connectivity index (χ2n) is 4.99. The molecule has 0 saturated carbocycles. The van der Waals surface area contributed by atoms with Crippen LogP contribution in [0, 0.1) is 5.82 Å². The molecule has 0 aromatic heterocycles. The van der Waals surface area contributed by atoms with Gasteiger partial charge in [-0.1, -0.05) is 24.3 Å². The summed E-state index contributed by atoms with van der Waals surface area (Å²) >= 11 is 0. The number of amides is 1. The Labute approximate surface area is 116 Å². The van der Waals surface area contributed by atoms with E-state index in [9.17, 15) is 14.3 Å². The van der Waals surface area contributed by atoms with Crippen LogP contribution in [0.4, 0.5) is 10.1 Å². The number of para-hydroxylation sites is 1. The highest BCUT2D eigenvalue weighted by Crippen LogP contribution is 2.34. The number of aromatic hydroxyl groups is 1. The average Bonchev–Trinajstić information content (AvgIpc) is 2.74. The van der Waals surface area contributed by atoms with Crippen molar-refractivity contribution in [3.05, 3.63) is 59.4 Å². The van der Waals surface area contributed by atoms with Crippen LogP contribution in [-0.4, -0.2) is 17.1 Å². The van der Waals surface area contributed by atoms with Gasteiger partial charge in [0.15, 0.2) is 0 Å². The highest BCUT2D eigenvalue weighted by Gasteiger charge is 2.33. The van der Waals surface area contributed by atoms with Crippen LogP contribution >= 0.6 is 0 Å². The summed E-state index contributed by atoms with van der Waals surface area (Å²) in [4.78, 5) is 14.1. The van der Waals surface area contributed by atoms with Crippen LogP contribution in [0.15, 0.2) is 42.5 Å². The van der Waals surface area contributed by atoms with Gasteiger partial charge in [0.05, 0.1) is 0 Å². The maximum absolute atomic E-state index is 13.8. The van der Waals surface area contributed by atoms with Gasteiger partial charge in [-0.15, -0.1) is 0 Å². The lowest BCUT2D eigenvalue weighted by Crippen LogP contribution is -2.36. The zero-order chi connectivity index (χ0) is 14.3. The number of fused-ring (bicyclic) bond motifs is 1. The molecule has 0 radical (unpaired) electrons. The van der Waals surface area contributed by atoms with Gasteiger partial charge in [0.1, 0.15) is 17.1 Å². The van der Waals surface area contributed by atoms with Crippen molar-refractivity contribution in [2.45, 2.75) is 19.4 Å². The number of anilines is 1. The van der Waals surface area contributed by atoms with Crippen molar-refractivity contribution in [1.82, 2.24) is 0 Å². The number of nitrogens with zero attached hydrogens (tertiary/aromatic N) is 1. The Morgan fingerprint density at radius 2 is 2.00 bits per heavy atom. The Balaban J connectivity index is 2.08. The molecule has 102 valence electrons. The van der Waals surface area contributed by atoms with Crippen LogP contribution in [0.2, 0.25) is 0 Å². The molecule has 1 atom stereocenters. The first-order chi connectivity index (χ1) is 9.59. The van der Waals surface area contributed by atoms with Crippen LogP contribution < -0.4 is 4.90 Å². The van der Waals surface area contributed by atoms with Crippen LogP contribution in [0.3, 0.4) is 0 Å². The van der Waals surface area contributed by atoms with Gasteiger partial charge in [-0.05, 0) is 37.1 Å². The molecule has 1 amide bonds. The molecule has 0 bridgehead atoms. The second kappa shape index (κ2) is 4.63. The highest BCUT2D eigenvalue weighted by atomic mass is 19.1. The molecule has 0 spiro atoms. The molecule has 4 heteroatoms. The largest absolute Gasteiger partial charge is 0.507 e. The lowest BCUT2D eigenvalue weighted by molar-refractivity contribution is 0.0975. The van der Waals surface area contributed by atoms with E-state index in [-0.39, 0.29) is 17.4 Å². The molecular formula is C16H14FNO2. The molecule has 0 fully saturated rings. The maximum atomic E-state index is 13.8. The number of hydrogen-bond donors (Lipinski definition) is 1. The summed E-state index contributed by atoms with van der Waals surface area (Å²) in [7, 11) is 0. The Bertz CT molecular complexity index is 664. The molecule has 3 nitrogen and oxygen atoms in total. The summed E-state index contributed by atoms with van der Waals surface area (Å²) in [5.41, 5.74) is 1.58. The summed E-state index contributed by atoms with van der Waals surface area (Å²) in [5.74, 6) is -1.53. The van der Waals surface area contributed by atoms with Crippen LogP contribution in [0.25, 0.3) is 0 Å². The number of carbonyl (C=O) groups is 1. The van der Waals surface area contributed by atoms with Crippen molar-refractivity contribution >= 4 is 11.6 Å². The van der Waals surface area contributed by atoms with Crippen molar-refractivity contribution in [3.63, 3.8) is 0 Å². The third-order valence-corrected chi connectivity index (χ3v) is 3.63. The fourth-order valence-electron chi connectivity index (χ4n) is 2.72. The van der Waals surface area contributed by atoms with E-state index >= 15 is 0 Å². The molecule has 0 aliphatic carbocycles. The number of benzene rings is 2. The normalized spacial score (nSPS) is 17.1. The Hall–Kier alpha value is -2.36. The van der Waals surface area contributed by atoms with Crippen molar-refractivity contribution in [2.24, 2.45) is 0 Å². The van der Waals surface area contributed by atoms with E-state index in [4.69, 9.17) is 0 Å². The first kappa shape index (κ1) is 12.7. The van der Waals surface area contributed by atoms with Crippen LogP contribution in [-0.2, 0) is 6.42 Å². The zero-order valence-electron chi connectivity index (χ0n) is 11.0. The lowest BCUT2D eigenvalue weighted by atomic mass is 10.1. The van der Waals surface area contributed by atoms with Crippen molar-refractivity contribution < 1.29 is 14.3 Å². The van der Waals surface area contributed by atoms with E-state index in [0.29, 0.717) is 0 Å². The molecule has 20 heavy (non-hydrogen) atoms. The first-order valence-electron chi connectivity index (χ1n) is 6.48. The molecular weight excluding hydrogens is 257 g/mol. The number of phenols is 1. The molecule has 1 aliphatic heterocycles. The summed E-state index contributed by atoms with van der Waals surface area (Å²) < 4.78 is 13.8. The number of carbonyl (C=O) groups excluding carboxylic acids is 1. The number of halogens is 1. The zero-order valence-corrected chi connectivity index (χ0v) is 11.0. The van der Waals surface area contributed by atoms with Gasteiger partial charge >= 0.3 is 0 Å². The molecule has 1 unspecified atom stereocenters. The van der Waals surface area contributed by atoms with Crippen molar-refractivity contribution in [1.29, 1.82) is 0 Å². The lowest BCUT2D eigenvalue weighted by Gasteiger charge is -2.23. The number of hydrogen-bond acceptors (Lipinski definition) is 2. The van der Waals surface area contributed by atoms with Gasteiger partial charge in [-0.3, -0.25) is 4.79 Å².